The van der Waals surface area contributed by atoms with Gasteiger partial charge in [0.05, 0.1) is 12.7 Å². The Labute approximate surface area is 166 Å². The Balaban J connectivity index is 2.32. The van der Waals surface area contributed by atoms with Gasteiger partial charge in [0.1, 0.15) is 0 Å². The van der Waals surface area contributed by atoms with Crippen molar-refractivity contribution >= 4 is 11.6 Å². The van der Waals surface area contributed by atoms with Crippen molar-refractivity contribution in [3.63, 3.8) is 0 Å². The number of ether oxygens (including phenoxy) is 1. The van der Waals surface area contributed by atoms with E-state index in [0.29, 0.717) is 5.92 Å². The molecular weight excluding hydrogens is 340 g/mol. The van der Waals surface area contributed by atoms with Crippen molar-refractivity contribution in [1.82, 2.24) is 0 Å². The molecule has 0 spiro atoms. The molecule has 1 nitrogen and oxygen atoms in total. The van der Waals surface area contributed by atoms with Crippen LogP contribution in [0.15, 0.2) is 43.0 Å². The van der Waals surface area contributed by atoms with Crippen LogP contribution in [0.3, 0.4) is 0 Å². The molecule has 26 heavy (non-hydrogen) atoms. The normalized spacial score (nSPS) is 12.8. The van der Waals surface area contributed by atoms with E-state index in [1.165, 1.54) is 44.1 Å². The minimum atomic E-state index is 0.187. The van der Waals surface area contributed by atoms with Crippen molar-refractivity contribution in [1.29, 1.82) is 0 Å². The maximum absolute atomic E-state index is 6.18. The van der Waals surface area contributed by atoms with E-state index >= 15 is 0 Å². The highest BCUT2D eigenvalue weighted by atomic mass is 35.5. The van der Waals surface area contributed by atoms with Gasteiger partial charge >= 0.3 is 0 Å². The Morgan fingerprint density at radius 2 is 1.81 bits per heavy atom. The number of halogens is 1. The van der Waals surface area contributed by atoms with Crippen molar-refractivity contribution in [2.24, 2.45) is 5.92 Å². The molecule has 1 rings (SSSR count). The quantitative estimate of drug-likeness (QED) is 0.180. The Bertz CT molecular complexity index is 514. The molecule has 0 radical (unpaired) electrons. The second kappa shape index (κ2) is 16.0. The van der Waals surface area contributed by atoms with E-state index < -0.39 is 0 Å². The van der Waals surface area contributed by atoms with Crippen LogP contribution in [0, 0.1) is 17.2 Å². The van der Waals surface area contributed by atoms with E-state index in [0.717, 1.165) is 32.3 Å². The Hall–Kier alpha value is -1.23. The molecule has 0 aromatic heterocycles. The fourth-order valence-electron chi connectivity index (χ4n) is 3.07. The van der Waals surface area contributed by atoms with Gasteiger partial charge < -0.3 is 4.74 Å². The fourth-order valence-corrected chi connectivity index (χ4v) is 3.15. The average molecular weight is 375 g/mol. The second-order valence-corrected chi connectivity index (χ2v) is 7.20. The van der Waals surface area contributed by atoms with Crippen LogP contribution in [-0.4, -0.2) is 12.7 Å². The summed E-state index contributed by atoms with van der Waals surface area (Å²) < 4.78 is 6.18. The highest BCUT2D eigenvalue weighted by Gasteiger charge is 2.12. The van der Waals surface area contributed by atoms with Crippen molar-refractivity contribution in [2.75, 3.05) is 6.61 Å². The minimum absolute atomic E-state index is 0.187. The van der Waals surface area contributed by atoms with Gasteiger partial charge in [-0.05, 0) is 36.4 Å². The summed E-state index contributed by atoms with van der Waals surface area (Å²) in [5.41, 5.74) is 1.37. The van der Waals surface area contributed by atoms with Gasteiger partial charge in [-0.3, -0.25) is 0 Å². The van der Waals surface area contributed by atoms with Gasteiger partial charge in [0.25, 0.3) is 0 Å². The number of hydrogen-bond donors (Lipinski definition) is 0. The molecule has 0 bridgehead atoms. The number of hydrogen-bond acceptors (Lipinski definition) is 1. The SMILES string of the molecule is C=CC(CCc1ccccc1)COC(CC#CCl)CCCCCCCC. The van der Waals surface area contributed by atoms with Gasteiger partial charge in [-0.2, -0.15) is 0 Å². The maximum atomic E-state index is 6.18. The summed E-state index contributed by atoms with van der Waals surface area (Å²) in [6, 6.07) is 10.6. The minimum Gasteiger partial charge on any atom is -0.377 e. The molecule has 1 aromatic carbocycles. The summed E-state index contributed by atoms with van der Waals surface area (Å²) in [4.78, 5) is 0. The topological polar surface area (TPSA) is 9.23 Å². The third kappa shape index (κ3) is 11.4. The van der Waals surface area contributed by atoms with E-state index in [2.05, 4.69) is 55.1 Å². The zero-order chi connectivity index (χ0) is 18.9. The first kappa shape index (κ1) is 22.8. The zero-order valence-corrected chi connectivity index (χ0v) is 17.1. The second-order valence-electron chi connectivity index (χ2n) is 7.01. The van der Waals surface area contributed by atoms with Crippen LogP contribution < -0.4 is 0 Å². The summed E-state index contributed by atoms with van der Waals surface area (Å²) >= 11 is 5.54. The van der Waals surface area contributed by atoms with Crippen molar-refractivity contribution in [3.05, 3.63) is 48.6 Å². The monoisotopic (exact) mass is 374 g/mol. The van der Waals surface area contributed by atoms with Crippen molar-refractivity contribution < 1.29 is 4.74 Å². The van der Waals surface area contributed by atoms with Gasteiger partial charge in [-0.15, -0.1) is 6.58 Å². The summed E-state index contributed by atoms with van der Waals surface area (Å²) in [6.45, 7) is 6.96. The molecule has 0 heterocycles. The smallest absolute Gasteiger partial charge is 0.0685 e. The molecule has 0 N–H and O–H groups in total. The van der Waals surface area contributed by atoms with Crippen molar-refractivity contribution in [3.8, 4) is 11.3 Å². The molecular formula is C24H35ClO. The molecule has 2 heteroatoms. The number of unbranched alkanes of at least 4 members (excludes halogenated alkanes) is 5. The third-order valence-corrected chi connectivity index (χ3v) is 4.94. The Kier molecular flexibility index (Phi) is 14.0. The number of benzene rings is 1. The summed E-state index contributed by atoms with van der Waals surface area (Å²) in [5.74, 6) is 3.35. The van der Waals surface area contributed by atoms with Crippen molar-refractivity contribution in [2.45, 2.75) is 77.2 Å². The van der Waals surface area contributed by atoms with Crippen LogP contribution in [0.2, 0.25) is 0 Å². The molecule has 2 atom stereocenters. The van der Waals surface area contributed by atoms with E-state index in [9.17, 15) is 0 Å². The first-order valence-electron chi connectivity index (χ1n) is 10.2. The number of aryl methyl sites for hydroxylation is 1. The lowest BCUT2D eigenvalue weighted by Crippen LogP contribution is -2.18. The predicted octanol–water partition coefficient (Wildman–Crippen LogP) is 7.15. The summed E-state index contributed by atoms with van der Waals surface area (Å²) in [7, 11) is 0. The lowest BCUT2D eigenvalue weighted by Gasteiger charge is -2.19. The maximum Gasteiger partial charge on any atom is 0.0685 e. The Morgan fingerprint density at radius 3 is 2.50 bits per heavy atom. The van der Waals surface area contributed by atoms with Crippen LogP contribution in [0.5, 0.6) is 0 Å². The Morgan fingerprint density at radius 1 is 1.08 bits per heavy atom. The molecule has 0 amide bonds. The molecule has 0 aliphatic carbocycles. The lowest BCUT2D eigenvalue weighted by molar-refractivity contribution is 0.0329. The third-order valence-electron chi connectivity index (χ3n) is 4.80. The summed E-state index contributed by atoms with van der Waals surface area (Å²) in [5, 5.41) is 2.49. The van der Waals surface area contributed by atoms with E-state index in [4.69, 9.17) is 16.3 Å². The van der Waals surface area contributed by atoms with Gasteiger partial charge in [-0.1, -0.05) is 87.8 Å². The highest BCUT2D eigenvalue weighted by molar-refractivity contribution is 6.30. The van der Waals surface area contributed by atoms with Crippen LogP contribution in [0.4, 0.5) is 0 Å². The predicted molar refractivity (Wildman–Crippen MR) is 114 cm³/mol. The first-order chi connectivity index (χ1) is 12.8. The zero-order valence-electron chi connectivity index (χ0n) is 16.4. The fraction of sp³-hybridized carbons (Fsp3) is 0.583. The van der Waals surface area contributed by atoms with Gasteiger partial charge in [0.15, 0.2) is 0 Å². The van der Waals surface area contributed by atoms with E-state index in [1.54, 1.807) is 0 Å². The molecule has 0 fully saturated rings. The lowest BCUT2D eigenvalue weighted by atomic mass is 10.00. The number of rotatable bonds is 15. The van der Waals surface area contributed by atoms with Gasteiger partial charge in [0.2, 0.25) is 0 Å². The van der Waals surface area contributed by atoms with Crippen LogP contribution in [0.1, 0.15) is 70.3 Å². The van der Waals surface area contributed by atoms with E-state index in [-0.39, 0.29) is 6.10 Å². The molecule has 1 aromatic rings. The molecule has 0 saturated heterocycles. The summed E-state index contributed by atoms with van der Waals surface area (Å²) in [6.07, 6.45) is 13.9. The van der Waals surface area contributed by atoms with Crippen LogP contribution >= 0.6 is 11.6 Å². The largest absolute Gasteiger partial charge is 0.377 e. The molecule has 2 unspecified atom stereocenters. The van der Waals surface area contributed by atoms with Gasteiger partial charge in [0, 0.05) is 17.7 Å². The first-order valence-corrected chi connectivity index (χ1v) is 10.5. The van der Waals surface area contributed by atoms with Crippen LogP contribution in [-0.2, 0) is 11.2 Å². The van der Waals surface area contributed by atoms with Gasteiger partial charge in [-0.25, -0.2) is 0 Å². The molecule has 144 valence electrons. The standard InChI is InChI=1S/C24H35ClO/c1-3-5-6-7-8-12-16-24(17-13-20-25)26-21-22(4-2)18-19-23-14-10-9-11-15-23/h4,9-11,14-15,22,24H,2-3,5-8,12,16-19,21H2,1H3. The highest BCUT2D eigenvalue weighted by Crippen LogP contribution is 2.16. The molecule has 0 aliphatic heterocycles. The average Bonchev–Trinajstić information content (AvgIpc) is 2.68. The molecule has 0 saturated carbocycles. The molecule has 0 aliphatic rings. The van der Waals surface area contributed by atoms with Crippen LogP contribution in [0.25, 0.3) is 0 Å². The van der Waals surface area contributed by atoms with E-state index in [1.807, 2.05) is 6.08 Å².